The number of aromatic nitrogens is 2. The molecule has 2 rings (SSSR count). The van der Waals surface area contributed by atoms with Crippen molar-refractivity contribution < 1.29 is 4.42 Å². The van der Waals surface area contributed by atoms with E-state index in [0.717, 1.165) is 5.76 Å². The lowest BCUT2D eigenvalue weighted by atomic mass is 10.2. The van der Waals surface area contributed by atoms with Crippen molar-refractivity contribution in [2.75, 3.05) is 6.54 Å². The first-order valence-electron chi connectivity index (χ1n) is 4.24. The summed E-state index contributed by atoms with van der Waals surface area (Å²) >= 11 is 5.77. The maximum Gasteiger partial charge on any atom is 0.129 e. The van der Waals surface area contributed by atoms with Gasteiger partial charge >= 0.3 is 0 Å². The molecule has 4 nitrogen and oxygen atoms in total. The highest BCUT2D eigenvalue weighted by atomic mass is 35.5. The van der Waals surface area contributed by atoms with Crippen molar-refractivity contribution in [3.05, 3.63) is 41.6 Å². The number of furan rings is 1. The average molecular weight is 212 g/mol. The molecule has 0 spiro atoms. The van der Waals surface area contributed by atoms with Gasteiger partial charge in [-0.05, 0) is 12.1 Å². The summed E-state index contributed by atoms with van der Waals surface area (Å²) in [6.07, 6.45) is 4.91. The molecule has 0 fully saturated rings. The van der Waals surface area contributed by atoms with Crippen molar-refractivity contribution in [1.82, 2.24) is 9.78 Å². The zero-order valence-corrected chi connectivity index (χ0v) is 8.19. The molecule has 0 saturated heterocycles. The third-order valence-electron chi connectivity index (χ3n) is 1.98. The summed E-state index contributed by atoms with van der Waals surface area (Å²) < 4.78 is 6.96. The van der Waals surface area contributed by atoms with E-state index >= 15 is 0 Å². The number of nitrogens with two attached hydrogens (primary N) is 1. The standard InChI is InChI=1S/C9H10ClN3O/c10-7-5-12-13(6-7)8(4-11)9-2-1-3-14-9/h1-3,5-6,8H,4,11H2. The van der Waals surface area contributed by atoms with Crippen molar-refractivity contribution in [2.24, 2.45) is 5.73 Å². The molecule has 0 aliphatic carbocycles. The smallest absolute Gasteiger partial charge is 0.129 e. The number of rotatable bonds is 3. The summed E-state index contributed by atoms with van der Waals surface area (Å²) in [6, 6.07) is 3.61. The summed E-state index contributed by atoms with van der Waals surface area (Å²) in [5.74, 6) is 0.785. The van der Waals surface area contributed by atoms with E-state index in [9.17, 15) is 0 Å². The molecule has 2 heterocycles. The zero-order valence-electron chi connectivity index (χ0n) is 7.43. The minimum Gasteiger partial charge on any atom is -0.467 e. The summed E-state index contributed by atoms with van der Waals surface area (Å²) in [6.45, 7) is 0.422. The van der Waals surface area contributed by atoms with Gasteiger partial charge in [-0.25, -0.2) is 0 Å². The number of nitrogens with zero attached hydrogens (tertiary/aromatic N) is 2. The van der Waals surface area contributed by atoms with Crippen molar-refractivity contribution in [2.45, 2.75) is 6.04 Å². The van der Waals surface area contributed by atoms with Gasteiger partial charge in [-0.2, -0.15) is 5.10 Å². The van der Waals surface area contributed by atoms with E-state index in [2.05, 4.69) is 5.10 Å². The Bertz CT molecular complexity index is 396. The summed E-state index contributed by atoms with van der Waals surface area (Å²) in [5, 5.41) is 4.68. The minimum absolute atomic E-state index is 0.0856. The molecule has 1 atom stereocenters. The third kappa shape index (κ3) is 1.66. The third-order valence-corrected chi connectivity index (χ3v) is 2.18. The van der Waals surface area contributed by atoms with Crippen LogP contribution in [0.5, 0.6) is 0 Å². The maximum absolute atomic E-state index is 5.77. The molecule has 2 N–H and O–H groups in total. The average Bonchev–Trinajstić information content (AvgIpc) is 2.79. The molecule has 0 radical (unpaired) electrons. The monoisotopic (exact) mass is 211 g/mol. The fraction of sp³-hybridized carbons (Fsp3) is 0.222. The normalized spacial score (nSPS) is 13.0. The highest BCUT2D eigenvalue weighted by Gasteiger charge is 2.15. The van der Waals surface area contributed by atoms with E-state index in [1.807, 2.05) is 12.1 Å². The first-order chi connectivity index (χ1) is 6.81. The molecule has 14 heavy (non-hydrogen) atoms. The highest BCUT2D eigenvalue weighted by Crippen LogP contribution is 2.18. The zero-order chi connectivity index (χ0) is 9.97. The molecular weight excluding hydrogens is 202 g/mol. The second-order valence-corrected chi connectivity index (χ2v) is 3.34. The Hall–Kier alpha value is -1.26. The molecule has 0 amide bonds. The van der Waals surface area contributed by atoms with Crippen LogP contribution in [0.2, 0.25) is 5.02 Å². The van der Waals surface area contributed by atoms with Gasteiger partial charge in [0.05, 0.1) is 17.5 Å². The van der Waals surface area contributed by atoms with Crippen LogP contribution in [0.3, 0.4) is 0 Å². The van der Waals surface area contributed by atoms with Gasteiger partial charge in [0, 0.05) is 12.7 Å². The Morgan fingerprint density at radius 3 is 3.00 bits per heavy atom. The van der Waals surface area contributed by atoms with E-state index < -0.39 is 0 Å². The quantitative estimate of drug-likeness (QED) is 0.841. The van der Waals surface area contributed by atoms with Gasteiger partial charge in [-0.1, -0.05) is 11.6 Å². The molecule has 0 aromatic carbocycles. The lowest BCUT2D eigenvalue weighted by Crippen LogP contribution is -2.20. The van der Waals surface area contributed by atoms with Gasteiger partial charge < -0.3 is 10.2 Å². The van der Waals surface area contributed by atoms with Crippen molar-refractivity contribution in [3.63, 3.8) is 0 Å². The van der Waals surface area contributed by atoms with Gasteiger partial charge in [-0.15, -0.1) is 0 Å². The van der Waals surface area contributed by atoms with E-state index in [0.29, 0.717) is 11.6 Å². The van der Waals surface area contributed by atoms with Crippen LogP contribution in [0.1, 0.15) is 11.8 Å². The second-order valence-electron chi connectivity index (χ2n) is 2.91. The van der Waals surface area contributed by atoms with Crippen LogP contribution < -0.4 is 5.73 Å². The molecule has 0 aliphatic heterocycles. The lowest BCUT2D eigenvalue weighted by Gasteiger charge is -2.11. The van der Waals surface area contributed by atoms with Gasteiger partial charge in [0.2, 0.25) is 0 Å². The topological polar surface area (TPSA) is 57.0 Å². The molecular formula is C9H10ClN3O. The molecule has 0 aliphatic rings. The predicted molar refractivity (Wildman–Crippen MR) is 53.1 cm³/mol. The predicted octanol–water partition coefficient (Wildman–Crippen LogP) is 1.68. The Morgan fingerprint density at radius 1 is 1.64 bits per heavy atom. The van der Waals surface area contributed by atoms with Crippen LogP contribution in [-0.2, 0) is 0 Å². The van der Waals surface area contributed by atoms with E-state index in [4.69, 9.17) is 21.8 Å². The van der Waals surface area contributed by atoms with E-state index in [1.54, 1.807) is 23.3 Å². The number of hydrogen-bond donors (Lipinski definition) is 1. The van der Waals surface area contributed by atoms with Crippen molar-refractivity contribution >= 4 is 11.6 Å². The molecule has 2 aromatic heterocycles. The fourth-order valence-electron chi connectivity index (χ4n) is 1.32. The van der Waals surface area contributed by atoms with E-state index in [-0.39, 0.29) is 6.04 Å². The van der Waals surface area contributed by atoms with Crippen molar-refractivity contribution in [1.29, 1.82) is 0 Å². The van der Waals surface area contributed by atoms with Gasteiger partial charge in [0.15, 0.2) is 0 Å². The van der Waals surface area contributed by atoms with Gasteiger partial charge in [-0.3, -0.25) is 4.68 Å². The molecule has 74 valence electrons. The Kier molecular flexibility index (Phi) is 2.56. The summed E-state index contributed by atoms with van der Waals surface area (Å²) in [5.41, 5.74) is 5.64. The molecule has 2 aromatic rings. The van der Waals surface area contributed by atoms with Crippen LogP contribution in [0, 0.1) is 0 Å². The maximum atomic E-state index is 5.77. The molecule has 0 bridgehead atoms. The van der Waals surface area contributed by atoms with Crippen LogP contribution in [0.25, 0.3) is 0 Å². The second kappa shape index (κ2) is 3.86. The van der Waals surface area contributed by atoms with Gasteiger partial charge in [0.25, 0.3) is 0 Å². The highest BCUT2D eigenvalue weighted by molar-refractivity contribution is 6.30. The van der Waals surface area contributed by atoms with Crippen LogP contribution in [-0.4, -0.2) is 16.3 Å². The largest absolute Gasteiger partial charge is 0.467 e. The molecule has 1 unspecified atom stereocenters. The Morgan fingerprint density at radius 2 is 2.50 bits per heavy atom. The van der Waals surface area contributed by atoms with Crippen molar-refractivity contribution in [3.8, 4) is 0 Å². The first-order valence-corrected chi connectivity index (χ1v) is 4.62. The number of halogens is 1. The molecule has 5 heteroatoms. The lowest BCUT2D eigenvalue weighted by molar-refractivity contribution is 0.410. The summed E-state index contributed by atoms with van der Waals surface area (Å²) in [7, 11) is 0. The minimum atomic E-state index is -0.0856. The van der Waals surface area contributed by atoms with Crippen LogP contribution >= 0.6 is 11.6 Å². The number of hydrogen-bond acceptors (Lipinski definition) is 3. The Labute approximate surface area is 86.3 Å². The SMILES string of the molecule is NCC(c1ccco1)n1cc(Cl)cn1. The van der Waals surface area contributed by atoms with E-state index in [1.165, 1.54) is 0 Å². The fourth-order valence-corrected chi connectivity index (χ4v) is 1.46. The molecule has 0 saturated carbocycles. The van der Waals surface area contributed by atoms with Crippen LogP contribution in [0.15, 0.2) is 35.2 Å². The van der Waals surface area contributed by atoms with Gasteiger partial charge in [0.1, 0.15) is 11.8 Å². The summed E-state index contributed by atoms with van der Waals surface area (Å²) in [4.78, 5) is 0. The van der Waals surface area contributed by atoms with Crippen LogP contribution in [0.4, 0.5) is 0 Å². The Balaban J connectivity index is 2.31. The first kappa shape index (κ1) is 9.30.